The van der Waals surface area contributed by atoms with Gasteiger partial charge in [-0.2, -0.15) is 0 Å². The quantitative estimate of drug-likeness (QED) is 0.0525. The number of hydrogen-bond donors (Lipinski definition) is 0. The third-order valence-corrected chi connectivity index (χ3v) is 21.4. The lowest BCUT2D eigenvalue weighted by Crippen LogP contribution is -2.49. The molecule has 0 unspecified atom stereocenters. The normalized spacial score (nSPS) is 14.3. The molecule has 36 nitrogen and oxygen atoms in total. The summed E-state index contributed by atoms with van der Waals surface area (Å²) in [6.07, 6.45) is 6.18. The zero-order valence-corrected chi connectivity index (χ0v) is 66.9. The molecule has 4 fully saturated rings. The lowest BCUT2D eigenvalue weighted by molar-refractivity contribution is -0.385. The van der Waals surface area contributed by atoms with Crippen LogP contribution >= 0.6 is 0 Å². The van der Waals surface area contributed by atoms with Crippen LogP contribution in [-0.4, -0.2) is 209 Å². The first-order valence-corrected chi connectivity index (χ1v) is 38.8. The summed E-state index contributed by atoms with van der Waals surface area (Å²) in [6.45, 7) is 14.6. The van der Waals surface area contributed by atoms with E-state index in [2.05, 4.69) is 15.1 Å². The monoisotopic (exact) mass is 1630 g/mol. The van der Waals surface area contributed by atoms with Gasteiger partial charge in [0, 0.05) is 184 Å². The molecule has 36 heteroatoms. The molecule has 120 heavy (non-hydrogen) atoms. The summed E-state index contributed by atoms with van der Waals surface area (Å²) in [5.74, 6) is -0.221. The van der Waals surface area contributed by atoms with E-state index in [1.807, 2.05) is 52.8 Å². The zero-order chi connectivity index (χ0) is 85.3. The number of para-hydroxylation sites is 4. The number of nitrogens with zero attached hydrogens (tertiary/aromatic N) is 18. The molecule has 4 aromatic carbocycles. The van der Waals surface area contributed by atoms with Crippen molar-refractivity contribution in [3.63, 3.8) is 0 Å². The fourth-order valence-corrected chi connectivity index (χ4v) is 15.5. The topological polar surface area (TPSA) is 403 Å². The van der Waals surface area contributed by atoms with Crippen LogP contribution in [0.2, 0.25) is 0 Å². The Kier molecular flexibility index (Phi) is 25.1. The van der Waals surface area contributed by atoms with Gasteiger partial charge in [-0.25, -0.2) is 4.79 Å². The number of amides is 4. The molecule has 0 spiro atoms. The number of esters is 1. The van der Waals surface area contributed by atoms with Gasteiger partial charge < -0.3 is 71.1 Å². The van der Waals surface area contributed by atoms with E-state index in [9.17, 15) is 73.5 Å². The molecule has 0 saturated carbocycles. The van der Waals surface area contributed by atoms with Crippen LogP contribution in [0.1, 0.15) is 78.8 Å². The summed E-state index contributed by atoms with van der Waals surface area (Å²) >= 11 is 0. The number of aryl methyl sites for hydroxylation is 4. The average Bonchev–Trinajstić information content (AvgIpc) is 0.779. The molecule has 0 atom stereocenters. The van der Waals surface area contributed by atoms with Gasteiger partial charge in [-0.05, 0) is 80.4 Å². The Morgan fingerprint density at radius 3 is 1.21 bits per heavy atom. The molecule has 0 bridgehead atoms. The Bertz CT molecular complexity index is 5990. The van der Waals surface area contributed by atoms with Crippen LogP contribution in [0.25, 0.3) is 43.6 Å². The standard InChI is InChI=1S/C25H29N3O5.2C20H19N5O4.C19H19N5O5/c1-4-32-25(31)21-22(18-8-5-6-9-19(18)28(24(21)30)16-17(2)3)26-11-13-27(14-12-26)23(29)20-10-7-15-33-20;1-22-16-8-3-2-6-14(16)17(18(20(22)27)25(28)29)23-10-12-24(13-11-23)19(26)15-7-4-5-9-21-15;1-22-16-5-3-2-4-15(16)17(18(20(22)27)25(28)29)23-10-12-24(13-11-23)19(26)14-6-8-21-9-7-14;1-12-11-14(20-29-12)18(25)23-9-7-22(8-10-23)16-13-5-3-4-6-15(13)21(2)19(26)17(16)24(27)28/h5-10,15,17H,4,11-14,16H2,1-3H3;2*2-9H,10-13H2,1H3;3-6,11H,7-10H2,1-2H3. The van der Waals surface area contributed by atoms with E-state index in [-0.39, 0.29) is 53.0 Å². The Labute approximate surface area is 683 Å². The minimum absolute atomic E-state index is 0.0574. The highest BCUT2D eigenvalue weighted by atomic mass is 16.6. The van der Waals surface area contributed by atoms with Gasteiger partial charge in [0.2, 0.25) is 0 Å². The lowest BCUT2D eigenvalue weighted by Gasteiger charge is -2.37. The van der Waals surface area contributed by atoms with Crippen LogP contribution in [0.15, 0.2) is 199 Å². The first kappa shape index (κ1) is 83.2. The summed E-state index contributed by atoms with van der Waals surface area (Å²) in [6, 6.07) is 42.4. The highest BCUT2D eigenvalue weighted by Gasteiger charge is 2.38. The van der Waals surface area contributed by atoms with Gasteiger partial charge in [0.15, 0.2) is 11.5 Å². The Morgan fingerprint density at radius 2 is 0.833 bits per heavy atom. The first-order valence-electron chi connectivity index (χ1n) is 38.8. The van der Waals surface area contributed by atoms with Crippen LogP contribution in [0.4, 0.5) is 39.8 Å². The number of benzene rings is 4. The third-order valence-electron chi connectivity index (χ3n) is 21.4. The lowest BCUT2D eigenvalue weighted by atomic mass is 10.0. The predicted molar refractivity (Wildman–Crippen MR) is 447 cm³/mol. The molecular weight excluding hydrogens is 1550 g/mol. The van der Waals surface area contributed by atoms with Gasteiger partial charge in [0.05, 0.1) is 55.4 Å². The molecule has 8 aromatic heterocycles. The van der Waals surface area contributed by atoms with Gasteiger partial charge in [-0.3, -0.25) is 78.7 Å². The summed E-state index contributed by atoms with van der Waals surface area (Å²) in [5.41, 5.74) is 1.82. The average molecular weight is 1640 g/mol. The van der Waals surface area contributed by atoms with Gasteiger partial charge in [-0.1, -0.05) is 97.9 Å². The second kappa shape index (κ2) is 36.2. The Balaban J connectivity index is 0.000000138. The third kappa shape index (κ3) is 17.0. The molecule has 0 N–H and O–H groups in total. The Hall–Kier alpha value is -14.7. The molecule has 4 amide bonds. The van der Waals surface area contributed by atoms with E-state index >= 15 is 0 Å². The molecule has 0 aliphatic carbocycles. The number of aromatic nitrogens is 7. The van der Waals surface area contributed by atoms with Gasteiger partial charge in [0.25, 0.3) is 29.2 Å². The van der Waals surface area contributed by atoms with E-state index in [1.165, 1.54) is 41.1 Å². The second-order valence-electron chi connectivity index (χ2n) is 29.1. The number of fused-ring (bicyclic) bond motifs is 4. The van der Waals surface area contributed by atoms with Crippen molar-refractivity contribution in [2.75, 3.05) is 131 Å². The number of anilines is 4. The number of nitro groups is 3. The minimum Gasteiger partial charge on any atom is -0.462 e. The maximum atomic E-state index is 13.6. The van der Waals surface area contributed by atoms with E-state index in [0.717, 1.165) is 10.9 Å². The molecule has 620 valence electrons. The zero-order valence-electron chi connectivity index (χ0n) is 66.9. The summed E-state index contributed by atoms with van der Waals surface area (Å²) in [5, 5.41) is 41.7. The van der Waals surface area contributed by atoms with Gasteiger partial charge >= 0.3 is 39.7 Å². The van der Waals surface area contributed by atoms with Crippen LogP contribution in [0.5, 0.6) is 0 Å². The number of hydrogen-bond acceptors (Lipinski definition) is 25. The fourth-order valence-electron chi connectivity index (χ4n) is 15.5. The molecule has 0 radical (unpaired) electrons. The number of carbonyl (C=O) groups excluding carboxylic acids is 5. The number of rotatable bonds is 15. The number of carbonyl (C=O) groups is 5. The molecule has 16 rings (SSSR count). The second-order valence-corrected chi connectivity index (χ2v) is 29.1. The molecular formula is C84H86N18O18. The van der Waals surface area contributed by atoms with E-state index in [4.69, 9.17) is 13.7 Å². The number of furan rings is 1. The molecule has 4 aliphatic rings. The van der Waals surface area contributed by atoms with Crippen molar-refractivity contribution in [3.05, 3.63) is 276 Å². The SMILES string of the molecule is CCOC(=O)c1c(N2CCN(C(=O)c3ccco3)CC2)c2ccccc2n(CC(C)C)c1=O.Cc1cc(C(=O)N2CCN(c3c([N+](=O)[O-])c(=O)n(C)c4ccccc34)CC2)no1.Cn1c(=O)c([N+](=O)[O-])c(N2CCN(C(=O)c3ccccn3)CC2)c2ccccc21.Cn1c(=O)c([N+](=O)[O-])c(N2CCN(C(=O)c3ccncc3)CC2)c2ccccc21. The van der Waals surface area contributed by atoms with Crippen molar-refractivity contribution >= 4 is 113 Å². The van der Waals surface area contributed by atoms with E-state index < -0.39 is 54.5 Å². The van der Waals surface area contributed by atoms with Crippen LogP contribution in [-0.2, 0) is 32.4 Å². The minimum atomic E-state index is -0.653. The van der Waals surface area contributed by atoms with Crippen LogP contribution < -0.4 is 41.8 Å². The van der Waals surface area contributed by atoms with Gasteiger partial charge in [-0.15, -0.1) is 0 Å². The van der Waals surface area contributed by atoms with Crippen molar-refractivity contribution in [3.8, 4) is 0 Å². The first-order chi connectivity index (χ1) is 57.8. The highest BCUT2D eigenvalue weighted by Crippen LogP contribution is 2.38. The van der Waals surface area contributed by atoms with Gasteiger partial charge in [0.1, 0.15) is 34.1 Å². The van der Waals surface area contributed by atoms with E-state index in [0.29, 0.717) is 189 Å². The number of pyridine rings is 6. The molecule has 12 heterocycles. The summed E-state index contributed by atoms with van der Waals surface area (Å²) in [7, 11) is 4.59. The van der Waals surface area contributed by atoms with Crippen LogP contribution in [0.3, 0.4) is 0 Å². The predicted octanol–water partition coefficient (Wildman–Crippen LogP) is 8.70. The largest absolute Gasteiger partial charge is 0.462 e. The highest BCUT2D eigenvalue weighted by molar-refractivity contribution is 6.06. The van der Waals surface area contributed by atoms with Crippen molar-refractivity contribution in [2.24, 2.45) is 27.1 Å². The molecule has 4 aliphatic heterocycles. The van der Waals surface area contributed by atoms with Crippen molar-refractivity contribution in [1.29, 1.82) is 0 Å². The van der Waals surface area contributed by atoms with Crippen LogP contribution in [0, 0.1) is 43.2 Å². The Morgan fingerprint density at radius 1 is 0.450 bits per heavy atom. The molecule has 4 saturated heterocycles. The van der Waals surface area contributed by atoms with Crippen molar-refractivity contribution in [1.82, 2.24) is 53.0 Å². The number of ether oxygens (including phenoxy) is 1. The summed E-state index contributed by atoms with van der Waals surface area (Å²) in [4.78, 5) is 171. The number of piperazine rings is 4. The maximum absolute atomic E-state index is 13.6. The smallest absolute Gasteiger partial charge is 0.357 e. The summed E-state index contributed by atoms with van der Waals surface area (Å²) < 4.78 is 21.1. The fraction of sp³-hybridized carbons (Fsp3) is 0.310. The van der Waals surface area contributed by atoms with Crippen molar-refractivity contribution in [2.45, 2.75) is 34.2 Å². The molecule has 12 aromatic rings. The van der Waals surface area contributed by atoms with E-state index in [1.54, 1.807) is 183 Å². The maximum Gasteiger partial charge on any atom is 0.357 e. The van der Waals surface area contributed by atoms with Crippen molar-refractivity contribution < 1.29 is 52.4 Å².